The van der Waals surface area contributed by atoms with Gasteiger partial charge in [0.25, 0.3) is 0 Å². The molecule has 1 aromatic carbocycles. The van der Waals surface area contributed by atoms with Gasteiger partial charge in [0.2, 0.25) is 5.91 Å². The van der Waals surface area contributed by atoms with E-state index in [1.54, 1.807) is 25.1 Å². The summed E-state index contributed by atoms with van der Waals surface area (Å²) in [5.74, 6) is -1.46. The molecular weight excluding hydrogens is 194 g/mol. The van der Waals surface area contributed by atoms with Crippen LogP contribution < -0.4 is 5.73 Å². The van der Waals surface area contributed by atoms with Crippen LogP contribution >= 0.6 is 0 Å². The largest absolute Gasteiger partial charge is 0.478 e. The maximum absolute atomic E-state index is 10.7. The van der Waals surface area contributed by atoms with E-state index < -0.39 is 11.9 Å². The standard InChI is InChI=1S/C11H11NO3/c1-7(10(12)13)6-8-2-4-9(5-3-8)11(14)15/h2-6H,1H3,(H2,12,13)(H,14,15)/b7-6+. The number of benzene rings is 1. The number of hydrogen-bond donors (Lipinski definition) is 2. The van der Waals surface area contributed by atoms with Gasteiger partial charge in [-0.15, -0.1) is 0 Å². The van der Waals surface area contributed by atoms with Gasteiger partial charge >= 0.3 is 5.97 Å². The number of carbonyl (C=O) groups excluding carboxylic acids is 1. The van der Waals surface area contributed by atoms with Crippen LogP contribution in [0, 0.1) is 0 Å². The van der Waals surface area contributed by atoms with Crippen molar-refractivity contribution >= 4 is 18.0 Å². The zero-order valence-corrected chi connectivity index (χ0v) is 8.23. The van der Waals surface area contributed by atoms with Crippen molar-refractivity contribution in [3.05, 3.63) is 41.0 Å². The summed E-state index contributed by atoms with van der Waals surface area (Å²) in [5, 5.41) is 8.66. The molecule has 0 aliphatic rings. The predicted octanol–water partition coefficient (Wildman–Crippen LogP) is 1.27. The third kappa shape index (κ3) is 2.95. The van der Waals surface area contributed by atoms with Crippen molar-refractivity contribution in [3.8, 4) is 0 Å². The number of carboxylic acids is 1. The fraction of sp³-hybridized carbons (Fsp3) is 0.0909. The molecule has 0 aliphatic carbocycles. The van der Waals surface area contributed by atoms with E-state index in [2.05, 4.69) is 0 Å². The first-order chi connectivity index (χ1) is 7.00. The van der Waals surface area contributed by atoms with E-state index in [0.717, 1.165) is 5.56 Å². The lowest BCUT2D eigenvalue weighted by Crippen LogP contribution is -2.11. The summed E-state index contributed by atoms with van der Waals surface area (Å²) < 4.78 is 0. The molecule has 0 aliphatic heterocycles. The van der Waals surface area contributed by atoms with Gasteiger partial charge in [-0.3, -0.25) is 4.79 Å². The first kappa shape index (κ1) is 11.0. The number of aromatic carboxylic acids is 1. The van der Waals surface area contributed by atoms with Crippen LogP contribution in [0.25, 0.3) is 6.08 Å². The molecule has 0 saturated carbocycles. The quantitative estimate of drug-likeness (QED) is 0.729. The summed E-state index contributed by atoms with van der Waals surface area (Å²) in [6, 6.07) is 6.19. The van der Waals surface area contributed by atoms with Gasteiger partial charge in [-0.25, -0.2) is 4.79 Å². The monoisotopic (exact) mass is 205 g/mol. The van der Waals surface area contributed by atoms with Crippen LogP contribution in [0.2, 0.25) is 0 Å². The average Bonchev–Trinajstić information content (AvgIpc) is 2.18. The summed E-state index contributed by atoms with van der Waals surface area (Å²) in [4.78, 5) is 21.3. The Kier molecular flexibility index (Phi) is 3.23. The molecule has 0 fully saturated rings. The number of nitrogens with two attached hydrogens (primary N) is 1. The maximum atomic E-state index is 10.7. The van der Waals surface area contributed by atoms with Gasteiger partial charge in [-0.05, 0) is 30.7 Å². The fourth-order valence-electron chi connectivity index (χ4n) is 1.04. The van der Waals surface area contributed by atoms with Gasteiger partial charge < -0.3 is 10.8 Å². The average molecular weight is 205 g/mol. The third-order valence-electron chi connectivity index (χ3n) is 1.93. The van der Waals surface area contributed by atoms with Crippen molar-refractivity contribution in [2.24, 2.45) is 5.73 Å². The molecule has 4 heteroatoms. The smallest absolute Gasteiger partial charge is 0.335 e. The Morgan fingerprint density at radius 2 is 1.80 bits per heavy atom. The van der Waals surface area contributed by atoms with Crippen molar-refractivity contribution in [2.45, 2.75) is 6.92 Å². The number of carbonyl (C=O) groups is 2. The molecule has 1 aromatic rings. The molecular formula is C11H11NO3. The van der Waals surface area contributed by atoms with Crippen LogP contribution in [0.5, 0.6) is 0 Å². The molecule has 0 radical (unpaired) electrons. The molecule has 4 nitrogen and oxygen atoms in total. The van der Waals surface area contributed by atoms with E-state index >= 15 is 0 Å². The Morgan fingerprint density at radius 3 is 2.20 bits per heavy atom. The molecule has 3 N–H and O–H groups in total. The van der Waals surface area contributed by atoms with Gasteiger partial charge in [0, 0.05) is 5.57 Å². The Hall–Kier alpha value is -2.10. The molecule has 1 rings (SSSR count). The lowest BCUT2D eigenvalue weighted by molar-refractivity contribution is -0.114. The third-order valence-corrected chi connectivity index (χ3v) is 1.93. The minimum Gasteiger partial charge on any atom is -0.478 e. The number of primary amides is 1. The van der Waals surface area contributed by atoms with Crippen LogP contribution in [-0.4, -0.2) is 17.0 Å². The zero-order valence-electron chi connectivity index (χ0n) is 8.23. The normalized spacial score (nSPS) is 11.1. The first-order valence-corrected chi connectivity index (χ1v) is 4.32. The van der Waals surface area contributed by atoms with Crippen molar-refractivity contribution in [1.29, 1.82) is 0 Å². The molecule has 0 spiro atoms. The topological polar surface area (TPSA) is 80.4 Å². The van der Waals surface area contributed by atoms with Crippen LogP contribution in [0.1, 0.15) is 22.8 Å². The Balaban J connectivity index is 2.95. The van der Waals surface area contributed by atoms with E-state index in [1.165, 1.54) is 12.1 Å². The Bertz CT molecular complexity index is 418. The van der Waals surface area contributed by atoms with Crippen LogP contribution in [-0.2, 0) is 4.79 Å². The summed E-state index contributed by atoms with van der Waals surface area (Å²) in [6.07, 6.45) is 1.61. The molecule has 0 atom stereocenters. The van der Waals surface area contributed by atoms with E-state index in [-0.39, 0.29) is 5.56 Å². The van der Waals surface area contributed by atoms with Crippen molar-refractivity contribution < 1.29 is 14.7 Å². The lowest BCUT2D eigenvalue weighted by atomic mass is 10.1. The summed E-state index contributed by atoms with van der Waals surface area (Å²) in [5.41, 5.74) is 6.45. The molecule has 78 valence electrons. The van der Waals surface area contributed by atoms with Gasteiger partial charge in [0.1, 0.15) is 0 Å². The van der Waals surface area contributed by atoms with Gasteiger partial charge in [-0.1, -0.05) is 12.1 Å². The molecule has 15 heavy (non-hydrogen) atoms. The summed E-state index contributed by atoms with van der Waals surface area (Å²) >= 11 is 0. The highest BCUT2D eigenvalue weighted by Crippen LogP contribution is 2.08. The second kappa shape index (κ2) is 4.41. The minimum atomic E-state index is -0.975. The number of hydrogen-bond acceptors (Lipinski definition) is 2. The van der Waals surface area contributed by atoms with Crippen LogP contribution in [0.4, 0.5) is 0 Å². The highest BCUT2D eigenvalue weighted by atomic mass is 16.4. The second-order valence-corrected chi connectivity index (χ2v) is 3.12. The van der Waals surface area contributed by atoms with E-state index in [0.29, 0.717) is 5.57 Å². The minimum absolute atomic E-state index is 0.212. The highest BCUT2D eigenvalue weighted by Gasteiger charge is 2.01. The molecule has 0 bridgehead atoms. The fourth-order valence-corrected chi connectivity index (χ4v) is 1.04. The molecule has 0 heterocycles. The van der Waals surface area contributed by atoms with Crippen molar-refractivity contribution in [2.75, 3.05) is 0 Å². The Morgan fingerprint density at radius 1 is 1.27 bits per heavy atom. The molecule has 0 aromatic heterocycles. The van der Waals surface area contributed by atoms with E-state index in [9.17, 15) is 9.59 Å². The van der Waals surface area contributed by atoms with Gasteiger partial charge in [-0.2, -0.15) is 0 Å². The molecule has 0 unspecified atom stereocenters. The Labute approximate surface area is 87.0 Å². The van der Waals surface area contributed by atoms with Crippen molar-refractivity contribution in [1.82, 2.24) is 0 Å². The lowest BCUT2D eigenvalue weighted by Gasteiger charge is -1.97. The number of rotatable bonds is 3. The van der Waals surface area contributed by atoms with Gasteiger partial charge in [0.05, 0.1) is 5.56 Å². The van der Waals surface area contributed by atoms with Crippen molar-refractivity contribution in [3.63, 3.8) is 0 Å². The molecule has 0 saturated heterocycles. The van der Waals surface area contributed by atoms with E-state index in [4.69, 9.17) is 10.8 Å². The van der Waals surface area contributed by atoms with Crippen LogP contribution in [0.3, 0.4) is 0 Å². The highest BCUT2D eigenvalue weighted by molar-refractivity contribution is 5.96. The zero-order chi connectivity index (χ0) is 11.4. The SMILES string of the molecule is C/C(=C\c1ccc(C(=O)O)cc1)C(N)=O. The number of amides is 1. The maximum Gasteiger partial charge on any atom is 0.335 e. The first-order valence-electron chi connectivity index (χ1n) is 4.32. The summed E-state index contributed by atoms with van der Waals surface area (Å²) in [6.45, 7) is 1.60. The summed E-state index contributed by atoms with van der Waals surface area (Å²) in [7, 11) is 0. The predicted molar refractivity (Wildman–Crippen MR) is 56.2 cm³/mol. The van der Waals surface area contributed by atoms with Gasteiger partial charge in [0.15, 0.2) is 0 Å². The van der Waals surface area contributed by atoms with Crippen LogP contribution in [0.15, 0.2) is 29.8 Å². The second-order valence-electron chi connectivity index (χ2n) is 3.12. The molecule has 1 amide bonds. The number of carboxylic acid groups (broad SMARTS) is 1. The van der Waals surface area contributed by atoms with E-state index in [1.807, 2.05) is 0 Å².